The third-order valence-corrected chi connectivity index (χ3v) is 6.30. The first-order valence-electron chi connectivity index (χ1n) is 11.1. The molecular weight excluding hydrogens is 406 g/mol. The average molecular weight is 433 g/mol. The van der Waals surface area contributed by atoms with E-state index < -0.39 is 0 Å². The van der Waals surface area contributed by atoms with Gasteiger partial charge in [0.1, 0.15) is 24.0 Å². The maximum Gasteiger partial charge on any atom is 0.127 e. The molecule has 5 heteroatoms. The van der Waals surface area contributed by atoms with E-state index in [9.17, 15) is 8.78 Å². The van der Waals surface area contributed by atoms with Gasteiger partial charge in [-0.15, -0.1) is 0 Å². The van der Waals surface area contributed by atoms with Gasteiger partial charge in [0.05, 0.1) is 6.04 Å². The zero-order chi connectivity index (χ0) is 21.9. The largest absolute Gasteiger partial charge is 0.488 e. The molecular formula is C27H26F2N2O. The van der Waals surface area contributed by atoms with Crippen molar-refractivity contribution in [1.82, 2.24) is 9.80 Å². The number of benzene rings is 3. The van der Waals surface area contributed by atoms with E-state index in [1.807, 2.05) is 18.2 Å². The molecule has 3 aromatic carbocycles. The fourth-order valence-corrected chi connectivity index (χ4v) is 4.63. The molecule has 1 atom stereocenters. The first-order valence-corrected chi connectivity index (χ1v) is 11.1. The van der Waals surface area contributed by atoms with E-state index in [1.54, 1.807) is 18.2 Å². The van der Waals surface area contributed by atoms with Gasteiger partial charge in [-0.05, 0) is 34.9 Å². The summed E-state index contributed by atoms with van der Waals surface area (Å²) in [4.78, 5) is 4.78. The Labute approximate surface area is 187 Å². The Morgan fingerprint density at radius 3 is 2.41 bits per heavy atom. The Balaban J connectivity index is 1.35. The van der Waals surface area contributed by atoms with Crippen molar-refractivity contribution in [3.8, 4) is 5.75 Å². The topological polar surface area (TPSA) is 15.7 Å². The third-order valence-electron chi connectivity index (χ3n) is 6.30. The lowest BCUT2D eigenvalue weighted by molar-refractivity contribution is 0.117. The van der Waals surface area contributed by atoms with Gasteiger partial charge < -0.3 is 4.74 Å². The molecule has 1 saturated heterocycles. The van der Waals surface area contributed by atoms with Crippen molar-refractivity contribution in [2.75, 3.05) is 32.7 Å². The Bertz CT molecular complexity index is 1110. The Hall–Kier alpha value is -3.02. The smallest absolute Gasteiger partial charge is 0.127 e. The summed E-state index contributed by atoms with van der Waals surface area (Å²) in [5.41, 5.74) is 3.95. The molecule has 5 rings (SSSR count). The van der Waals surface area contributed by atoms with Crippen molar-refractivity contribution in [3.05, 3.63) is 107 Å². The summed E-state index contributed by atoms with van der Waals surface area (Å²) in [5, 5.41) is 0. The molecule has 1 unspecified atom stereocenters. The average Bonchev–Trinajstić information content (AvgIpc) is 2.96. The molecule has 3 nitrogen and oxygen atoms in total. The van der Waals surface area contributed by atoms with Crippen LogP contribution in [0.15, 0.2) is 72.8 Å². The minimum atomic E-state index is -0.324. The molecule has 0 spiro atoms. The molecule has 2 aliphatic rings. The molecule has 3 aromatic rings. The van der Waals surface area contributed by atoms with Crippen molar-refractivity contribution in [2.45, 2.75) is 12.6 Å². The fraction of sp³-hybridized carbons (Fsp3) is 0.259. The predicted octanol–water partition coefficient (Wildman–Crippen LogP) is 5.28. The van der Waals surface area contributed by atoms with Crippen LogP contribution in [0, 0.1) is 11.6 Å². The van der Waals surface area contributed by atoms with Crippen LogP contribution in [-0.2, 0) is 6.61 Å². The number of hydrogen-bond acceptors (Lipinski definition) is 3. The number of ether oxygens (including phenoxy) is 1. The van der Waals surface area contributed by atoms with Crippen LogP contribution in [0.1, 0.15) is 28.3 Å². The van der Waals surface area contributed by atoms with Gasteiger partial charge in [0.2, 0.25) is 0 Å². The lowest BCUT2D eigenvalue weighted by Crippen LogP contribution is -2.47. The molecule has 2 heterocycles. The second kappa shape index (κ2) is 9.23. The van der Waals surface area contributed by atoms with Crippen LogP contribution >= 0.6 is 0 Å². The van der Waals surface area contributed by atoms with Gasteiger partial charge in [-0.1, -0.05) is 54.6 Å². The molecule has 0 bridgehead atoms. The van der Waals surface area contributed by atoms with E-state index in [0.29, 0.717) is 12.4 Å². The molecule has 164 valence electrons. The Kier molecular flexibility index (Phi) is 6.02. The maximum absolute atomic E-state index is 14.2. The van der Waals surface area contributed by atoms with Crippen molar-refractivity contribution in [2.24, 2.45) is 0 Å². The molecule has 0 aliphatic carbocycles. The molecule has 0 saturated carbocycles. The quantitative estimate of drug-likeness (QED) is 0.558. The fourth-order valence-electron chi connectivity index (χ4n) is 4.63. The van der Waals surface area contributed by atoms with Crippen LogP contribution < -0.4 is 4.74 Å². The number of hydrogen-bond donors (Lipinski definition) is 0. The zero-order valence-corrected chi connectivity index (χ0v) is 17.9. The van der Waals surface area contributed by atoms with Crippen LogP contribution in [0.25, 0.3) is 6.08 Å². The second-order valence-corrected chi connectivity index (χ2v) is 8.37. The van der Waals surface area contributed by atoms with E-state index >= 15 is 0 Å². The van der Waals surface area contributed by atoms with Gasteiger partial charge in [0.25, 0.3) is 0 Å². The maximum atomic E-state index is 14.2. The highest BCUT2D eigenvalue weighted by Crippen LogP contribution is 2.40. The number of halogens is 2. The van der Waals surface area contributed by atoms with Crippen molar-refractivity contribution in [3.63, 3.8) is 0 Å². The van der Waals surface area contributed by atoms with Gasteiger partial charge >= 0.3 is 0 Å². The first-order chi connectivity index (χ1) is 15.7. The number of rotatable bonds is 4. The summed E-state index contributed by atoms with van der Waals surface area (Å²) in [6.07, 6.45) is 4.35. The molecule has 0 radical (unpaired) electrons. The Morgan fingerprint density at radius 2 is 1.59 bits per heavy atom. The van der Waals surface area contributed by atoms with Crippen molar-refractivity contribution in [1.29, 1.82) is 0 Å². The third kappa shape index (κ3) is 4.45. The van der Waals surface area contributed by atoms with E-state index in [0.717, 1.165) is 49.4 Å². The summed E-state index contributed by atoms with van der Waals surface area (Å²) < 4.78 is 34.1. The van der Waals surface area contributed by atoms with Crippen molar-refractivity contribution < 1.29 is 13.5 Å². The van der Waals surface area contributed by atoms with E-state index in [1.165, 1.54) is 23.8 Å². The summed E-state index contributed by atoms with van der Waals surface area (Å²) in [6.45, 7) is 4.72. The number of nitrogens with zero attached hydrogens (tertiary/aromatic N) is 2. The van der Waals surface area contributed by atoms with Crippen LogP contribution in [0.2, 0.25) is 0 Å². The van der Waals surface area contributed by atoms with Crippen LogP contribution in [0.3, 0.4) is 0 Å². The van der Waals surface area contributed by atoms with E-state index in [4.69, 9.17) is 4.74 Å². The van der Waals surface area contributed by atoms with Gasteiger partial charge in [0.15, 0.2) is 0 Å². The van der Waals surface area contributed by atoms with E-state index in [-0.39, 0.29) is 17.7 Å². The summed E-state index contributed by atoms with van der Waals surface area (Å²) in [7, 11) is 0. The monoisotopic (exact) mass is 432 g/mol. The molecule has 32 heavy (non-hydrogen) atoms. The van der Waals surface area contributed by atoms with Crippen molar-refractivity contribution >= 4 is 6.08 Å². The minimum Gasteiger partial charge on any atom is -0.488 e. The molecule has 0 N–H and O–H groups in total. The number of fused-ring (bicyclic) bond motifs is 2. The summed E-state index contributed by atoms with van der Waals surface area (Å²) in [5.74, 6) is -0.0431. The molecule has 0 aromatic heterocycles. The molecule has 1 fully saturated rings. The lowest BCUT2D eigenvalue weighted by atomic mass is 9.93. The normalized spacial score (nSPS) is 19.2. The second-order valence-electron chi connectivity index (χ2n) is 8.37. The zero-order valence-electron chi connectivity index (χ0n) is 17.9. The first kappa shape index (κ1) is 20.9. The lowest BCUT2D eigenvalue weighted by Gasteiger charge is -2.39. The van der Waals surface area contributed by atoms with Gasteiger partial charge in [-0.3, -0.25) is 9.80 Å². The summed E-state index contributed by atoms with van der Waals surface area (Å²) in [6, 6.07) is 19.7. The minimum absolute atomic E-state index is 0.152. The Morgan fingerprint density at radius 1 is 0.844 bits per heavy atom. The van der Waals surface area contributed by atoms with E-state index in [2.05, 4.69) is 34.1 Å². The number of piperazine rings is 1. The van der Waals surface area contributed by atoms with Gasteiger partial charge in [0, 0.05) is 44.4 Å². The standard InChI is InChI=1S/C27H26F2N2O/c28-22-9-8-21-19-32-26-18-23(29)10-11-24(26)27(25(21)17-22)31-15-13-30(14-16-31)12-4-7-20-5-2-1-3-6-20/h1-11,17-18,27H,12-16,19H2/b7-4+. The van der Waals surface area contributed by atoms with Crippen LogP contribution in [-0.4, -0.2) is 42.5 Å². The van der Waals surface area contributed by atoms with Gasteiger partial charge in [-0.2, -0.15) is 0 Å². The van der Waals surface area contributed by atoms with Crippen LogP contribution in [0.4, 0.5) is 8.78 Å². The van der Waals surface area contributed by atoms with Gasteiger partial charge in [-0.25, -0.2) is 8.78 Å². The highest BCUT2D eigenvalue weighted by molar-refractivity contribution is 5.49. The molecule has 0 amide bonds. The predicted molar refractivity (Wildman–Crippen MR) is 122 cm³/mol. The SMILES string of the molecule is Fc1ccc2c(c1)OCc1ccc(F)cc1C2N1CCN(C/C=C/c2ccccc2)CC1. The molecule has 2 aliphatic heterocycles. The highest BCUT2D eigenvalue weighted by atomic mass is 19.1. The summed E-state index contributed by atoms with van der Waals surface area (Å²) >= 11 is 0. The highest BCUT2D eigenvalue weighted by Gasteiger charge is 2.32. The van der Waals surface area contributed by atoms with Crippen LogP contribution in [0.5, 0.6) is 5.75 Å².